The van der Waals surface area contributed by atoms with Crippen molar-refractivity contribution in [1.82, 2.24) is 15.1 Å². The number of hydrogen-bond donors (Lipinski definition) is 1. The summed E-state index contributed by atoms with van der Waals surface area (Å²) in [5, 5.41) is 7.31. The Morgan fingerprint density at radius 2 is 2.13 bits per heavy atom. The largest absolute Gasteiger partial charge is 0.365 e. The van der Waals surface area contributed by atoms with E-state index in [1.807, 2.05) is 4.68 Å². The molecule has 2 heterocycles. The first-order chi connectivity index (χ1) is 11.2. The van der Waals surface area contributed by atoms with Gasteiger partial charge < -0.3 is 10.1 Å². The Kier molecular flexibility index (Phi) is 3.61. The summed E-state index contributed by atoms with van der Waals surface area (Å²) in [6.07, 6.45) is 2.23. The van der Waals surface area contributed by atoms with Crippen LogP contribution in [0.4, 0.5) is 4.39 Å². The number of benzene rings is 1. The summed E-state index contributed by atoms with van der Waals surface area (Å²) in [7, 11) is 0. The Morgan fingerprint density at radius 1 is 1.35 bits per heavy atom. The normalized spacial score (nSPS) is 20.1. The fourth-order valence-electron chi connectivity index (χ4n) is 2.77. The predicted molar refractivity (Wildman–Crippen MR) is 81.2 cm³/mol. The molecule has 2 aliphatic rings. The Bertz CT molecular complexity index is 722. The van der Waals surface area contributed by atoms with E-state index < -0.39 is 0 Å². The SMILES string of the molecule is O=C(NCC1CC1)c1cc2n(n1)C[C@H](c1ccc(F)cc1)OC2. The maximum Gasteiger partial charge on any atom is 0.271 e. The zero-order valence-electron chi connectivity index (χ0n) is 12.7. The second-order valence-electron chi connectivity index (χ2n) is 6.21. The number of nitrogens with one attached hydrogen (secondary N) is 1. The Balaban J connectivity index is 1.46. The van der Waals surface area contributed by atoms with E-state index in [1.54, 1.807) is 18.2 Å². The molecule has 1 aliphatic heterocycles. The zero-order valence-corrected chi connectivity index (χ0v) is 12.7. The molecule has 1 amide bonds. The summed E-state index contributed by atoms with van der Waals surface area (Å²) in [6, 6.07) is 8.07. The highest BCUT2D eigenvalue weighted by atomic mass is 19.1. The molecule has 1 N–H and O–H groups in total. The number of amides is 1. The van der Waals surface area contributed by atoms with Crippen molar-refractivity contribution in [1.29, 1.82) is 0 Å². The minimum absolute atomic E-state index is 0.128. The summed E-state index contributed by atoms with van der Waals surface area (Å²) < 4.78 is 20.6. The van der Waals surface area contributed by atoms with Crippen molar-refractivity contribution in [2.24, 2.45) is 5.92 Å². The third-order valence-corrected chi connectivity index (χ3v) is 4.36. The van der Waals surface area contributed by atoms with Gasteiger partial charge in [-0.3, -0.25) is 9.48 Å². The van der Waals surface area contributed by atoms with Gasteiger partial charge in [0.2, 0.25) is 0 Å². The van der Waals surface area contributed by atoms with E-state index in [9.17, 15) is 9.18 Å². The third kappa shape index (κ3) is 3.12. The van der Waals surface area contributed by atoms with E-state index in [2.05, 4.69) is 10.4 Å². The molecule has 6 heteroatoms. The van der Waals surface area contributed by atoms with Crippen LogP contribution in [-0.2, 0) is 17.9 Å². The van der Waals surface area contributed by atoms with E-state index in [-0.39, 0.29) is 17.8 Å². The first kappa shape index (κ1) is 14.4. The van der Waals surface area contributed by atoms with Crippen molar-refractivity contribution < 1.29 is 13.9 Å². The fraction of sp³-hybridized carbons (Fsp3) is 0.412. The van der Waals surface area contributed by atoms with Crippen LogP contribution in [0.5, 0.6) is 0 Å². The van der Waals surface area contributed by atoms with Crippen molar-refractivity contribution in [3.8, 4) is 0 Å². The monoisotopic (exact) mass is 315 g/mol. The van der Waals surface area contributed by atoms with Crippen molar-refractivity contribution in [2.75, 3.05) is 6.54 Å². The van der Waals surface area contributed by atoms with E-state index in [0.29, 0.717) is 24.8 Å². The van der Waals surface area contributed by atoms with Gasteiger partial charge in [0.1, 0.15) is 11.9 Å². The quantitative estimate of drug-likeness (QED) is 0.943. The molecule has 1 aliphatic carbocycles. The lowest BCUT2D eigenvalue weighted by Crippen LogP contribution is -2.26. The van der Waals surface area contributed by atoms with Gasteiger partial charge in [-0.25, -0.2) is 4.39 Å². The average molecular weight is 315 g/mol. The Morgan fingerprint density at radius 3 is 2.87 bits per heavy atom. The van der Waals surface area contributed by atoms with Gasteiger partial charge in [0, 0.05) is 6.54 Å². The molecule has 1 aromatic carbocycles. The molecule has 1 aromatic heterocycles. The van der Waals surface area contributed by atoms with Crippen LogP contribution >= 0.6 is 0 Å². The molecule has 1 saturated carbocycles. The van der Waals surface area contributed by atoms with E-state index in [1.165, 1.54) is 25.0 Å². The lowest BCUT2D eigenvalue weighted by Gasteiger charge is -2.24. The standard InChI is InChI=1S/C17H18FN3O2/c18-13-5-3-12(4-6-13)16-9-21-14(10-23-16)7-15(20-21)17(22)19-8-11-1-2-11/h3-7,11,16H,1-2,8-10H2,(H,19,22)/t16-/m1/s1. The lowest BCUT2D eigenvalue weighted by molar-refractivity contribution is -0.00123. The van der Waals surface area contributed by atoms with Gasteiger partial charge >= 0.3 is 0 Å². The molecule has 0 saturated heterocycles. The highest BCUT2D eigenvalue weighted by Gasteiger charge is 2.25. The van der Waals surface area contributed by atoms with Crippen LogP contribution in [0.25, 0.3) is 0 Å². The number of carbonyl (C=O) groups excluding carboxylic acids is 1. The van der Waals surface area contributed by atoms with Gasteiger partial charge in [-0.05, 0) is 42.5 Å². The summed E-state index contributed by atoms with van der Waals surface area (Å²) in [5.41, 5.74) is 2.23. The first-order valence-electron chi connectivity index (χ1n) is 7.91. The number of halogens is 1. The second-order valence-corrected chi connectivity index (χ2v) is 6.21. The van der Waals surface area contributed by atoms with Crippen molar-refractivity contribution in [3.63, 3.8) is 0 Å². The molecule has 0 bridgehead atoms. The highest BCUT2D eigenvalue weighted by molar-refractivity contribution is 5.92. The average Bonchev–Trinajstić information content (AvgIpc) is 3.29. The number of aromatic nitrogens is 2. The lowest BCUT2D eigenvalue weighted by atomic mass is 10.1. The summed E-state index contributed by atoms with van der Waals surface area (Å²) in [5.74, 6) is 0.249. The number of rotatable bonds is 4. The van der Waals surface area contributed by atoms with Crippen molar-refractivity contribution >= 4 is 5.91 Å². The molecule has 1 fully saturated rings. The maximum atomic E-state index is 13.0. The molecule has 0 unspecified atom stereocenters. The Hall–Kier alpha value is -2.21. The first-order valence-corrected chi connectivity index (χ1v) is 7.91. The van der Waals surface area contributed by atoms with Crippen LogP contribution < -0.4 is 5.32 Å². The van der Waals surface area contributed by atoms with Gasteiger partial charge in [-0.15, -0.1) is 0 Å². The van der Waals surface area contributed by atoms with Gasteiger partial charge in [-0.1, -0.05) is 12.1 Å². The summed E-state index contributed by atoms with van der Waals surface area (Å²) in [6.45, 7) is 1.65. The van der Waals surface area contributed by atoms with Crippen LogP contribution in [-0.4, -0.2) is 22.2 Å². The third-order valence-electron chi connectivity index (χ3n) is 4.36. The molecule has 0 radical (unpaired) electrons. The van der Waals surface area contributed by atoms with Gasteiger partial charge in [0.05, 0.1) is 18.8 Å². The number of nitrogens with zero attached hydrogens (tertiary/aromatic N) is 2. The number of fused-ring (bicyclic) bond motifs is 1. The van der Waals surface area contributed by atoms with Crippen molar-refractivity contribution in [3.05, 3.63) is 53.1 Å². The summed E-state index contributed by atoms with van der Waals surface area (Å²) in [4.78, 5) is 12.1. The molecule has 120 valence electrons. The molecule has 0 spiro atoms. The van der Waals surface area contributed by atoms with E-state index >= 15 is 0 Å². The maximum absolute atomic E-state index is 13.0. The molecule has 5 nitrogen and oxygen atoms in total. The van der Waals surface area contributed by atoms with Gasteiger partial charge in [0.25, 0.3) is 5.91 Å². The minimum atomic E-state index is -0.265. The zero-order chi connectivity index (χ0) is 15.8. The summed E-state index contributed by atoms with van der Waals surface area (Å²) >= 11 is 0. The van der Waals surface area contributed by atoms with Crippen LogP contribution in [0, 0.1) is 11.7 Å². The smallest absolute Gasteiger partial charge is 0.271 e. The highest BCUT2D eigenvalue weighted by Crippen LogP contribution is 2.28. The molecule has 4 rings (SSSR count). The predicted octanol–water partition coefficient (Wildman–Crippen LogP) is 2.43. The number of ether oxygens (including phenoxy) is 1. The van der Waals surface area contributed by atoms with E-state index in [0.717, 1.165) is 17.8 Å². The van der Waals surface area contributed by atoms with E-state index in [4.69, 9.17) is 4.74 Å². The van der Waals surface area contributed by atoms with Crippen LogP contribution in [0.2, 0.25) is 0 Å². The molecule has 23 heavy (non-hydrogen) atoms. The Labute approximate surface area is 133 Å². The van der Waals surface area contributed by atoms with Gasteiger partial charge in [-0.2, -0.15) is 5.10 Å². The minimum Gasteiger partial charge on any atom is -0.365 e. The van der Waals surface area contributed by atoms with Crippen LogP contribution in [0.1, 0.15) is 40.7 Å². The molecule has 1 atom stereocenters. The number of hydrogen-bond acceptors (Lipinski definition) is 3. The van der Waals surface area contributed by atoms with Gasteiger partial charge in [0.15, 0.2) is 5.69 Å². The van der Waals surface area contributed by atoms with Crippen LogP contribution in [0.3, 0.4) is 0 Å². The topological polar surface area (TPSA) is 56.2 Å². The molecular weight excluding hydrogens is 297 g/mol. The molecule has 2 aromatic rings. The second kappa shape index (κ2) is 5.77. The number of carbonyl (C=O) groups is 1. The fourth-order valence-corrected chi connectivity index (χ4v) is 2.77. The van der Waals surface area contributed by atoms with Crippen LogP contribution in [0.15, 0.2) is 30.3 Å². The molecular formula is C17H18FN3O2. The van der Waals surface area contributed by atoms with Crippen molar-refractivity contribution in [2.45, 2.75) is 32.1 Å².